The maximum atomic E-state index is 11.4. The van der Waals surface area contributed by atoms with Crippen molar-refractivity contribution in [1.82, 2.24) is 5.32 Å². The number of hydrogen-bond donors (Lipinski definition) is 2. The summed E-state index contributed by atoms with van der Waals surface area (Å²) in [5, 5.41) is 11.5. The molecule has 0 aliphatic rings. The van der Waals surface area contributed by atoms with Gasteiger partial charge >= 0.3 is 0 Å². The maximum Gasteiger partial charge on any atom is 0.230 e. The fraction of sp³-hybridized carbons (Fsp3) is 0.462. The van der Waals surface area contributed by atoms with Crippen molar-refractivity contribution in [2.75, 3.05) is 12.4 Å². The molecule has 0 fully saturated rings. The normalized spacial score (nSPS) is 12.2. The molecule has 0 saturated carbocycles. The largest absolute Gasteiger partial charge is 0.394 e. The zero-order valence-corrected chi connectivity index (χ0v) is 11.1. The number of carbonyl (C=O) groups excluding carboxylic acids is 1. The number of carbonyl (C=O) groups is 1. The summed E-state index contributed by atoms with van der Waals surface area (Å²) in [6.45, 7) is 3.82. The standard InChI is InChI=1S/C13H19NO2S/c1-10-4-3-5-12(6-10)8-17-9-13(16)14-11(2)7-15/h3-6,11,15H,7-9H2,1-2H3,(H,14,16)/t11-/m1/s1. The Balaban J connectivity index is 2.26. The highest BCUT2D eigenvalue weighted by Crippen LogP contribution is 2.13. The molecule has 0 aliphatic heterocycles. The van der Waals surface area contributed by atoms with Gasteiger partial charge in [0.05, 0.1) is 12.4 Å². The van der Waals surface area contributed by atoms with E-state index in [-0.39, 0.29) is 18.6 Å². The van der Waals surface area contributed by atoms with Gasteiger partial charge in [-0.15, -0.1) is 11.8 Å². The molecule has 1 amide bonds. The molecule has 0 radical (unpaired) electrons. The molecule has 0 aliphatic carbocycles. The first-order valence-corrected chi connectivity index (χ1v) is 6.81. The second-order valence-electron chi connectivity index (χ2n) is 4.13. The third kappa shape index (κ3) is 5.75. The van der Waals surface area contributed by atoms with Gasteiger partial charge in [0.15, 0.2) is 0 Å². The summed E-state index contributed by atoms with van der Waals surface area (Å²) in [7, 11) is 0. The van der Waals surface area contributed by atoms with Gasteiger partial charge in [-0.25, -0.2) is 0 Å². The molecular weight excluding hydrogens is 234 g/mol. The van der Waals surface area contributed by atoms with Crippen LogP contribution in [0.3, 0.4) is 0 Å². The van der Waals surface area contributed by atoms with Crippen LogP contribution in [0.2, 0.25) is 0 Å². The monoisotopic (exact) mass is 253 g/mol. The molecule has 0 heterocycles. The summed E-state index contributed by atoms with van der Waals surface area (Å²) in [5.74, 6) is 1.24. The molecule has 0 spiro atoms. The van der Waals surface area contributed by atoms with Gasteiger partial charge in [-0.3, -0.25) is 4.79 Å². The van der Waals surface area contributed by atoms with E-state index in [0.717, 1.165) is 5.75 Å². The van der Waals surface area contributed by atoms with Gasteiger partial charge < -0.3 is 10.4 Å². The van der Waals surface area contributed by atoms with Crippen LogP contribution in [0.4, 0.5) is 0 Å². The minimum absolute atomic E-state index is 0.0196. The zero-order chi connectivity index (χ0) is 12.7. The molecule has 17 heavy (non-hydrogen) atoms. The molecule has 1 aromatic carbocycles. The second-order valence-corrected chi connectivity index (χ2v) is 5.12. The predicted octanol–water partition coefficient (Wildman–Crippen LogP) is 1.73. The summed E-state index contributed by atoms with van der Waals surface area (Å²) in [4.78, 5) is 11.4. The van der Waals surface area contributed by atoms with E-state index in [1.54, 1.807) is 18.7 Å². The molecule has 4 heteroatoms. The molecule has 0 aromatic heterocycles. The van der Waals surface area contributed by atoms with Crippen molar-refractivity contribution in [2.24, 2.45) is 0 Å². The number of thioether (sulfide) groups is 1. The van der Waals surface area contributed by atoms with Crippen molar-refractivity contribution < 1.29 is 9.90 Å². The second kappa shape index (κ2) is 7.35. The highest BCUT2D eigenvalue weighted by atomic mass is 32.2. The summed E-state index contributed by atoms with van der Waals surface area (Å²) < 4.78 is 0. The third-order valence-corrected chi connectivity index (χ3v) is 3.27. The first-order chi connectivity index (χ1) is 8.11. The van der Waals surface area contributed by atoms with E-state index < -0.39 is 0 Å². The quantitative estimate of drug-likeness (QED) is 0.811. The van der Waals surface area contributed by atoms with Gasteiger partial charge in [-0.2, -0.15) is 0 Å². The molecule has 1 atom stereocenters. The van der Waals surface area contributed by atoms with E-state index in [9.17, 15) is 4.79 Å². The minimum Gasteiger partial charge on any atom is -0.394 e. The lowest BCUT2D eigenvalue weighted by atomic mass is 10.2. The van der Waals surface area contributed by atoms with Crippen LogP contribution in [-0.2, 0) is 10.5 Å². The van der Waals surface area contributed by atoms with Crippen LogP contribution in [0.5, 0.6) is 0 Å². The van der Waals surface area contributed by atoms with Gasteiger partial charge in [0.2, 0.25) is 5.91 Å². The first-order valence-electron chi connectivity index (χ1n) is 5.65. The van der Waals surface area contributed by atoms with Gasteiger partial charge in [-0.1, -0.05) is 29.8 Å². The maximum absolute atomic E-state index is 11.4. The smallest absolute Gasteiger partial charge is 0.230 e. The molecule has 0 unspecified atom stereocenters. The molecular formula is C13H19NO2S. The van der Waals surface area contributed by atoms with Crippen LogP contribution < -0.4 is 5.32 Å². The molecule has 0 bridgehead atoms. The van der Waals surface area contributed by atoms with Gasteiger partial charge in [0.25, 0.3) is 0 Å². The number of benzene rings is 1. The molecule has 1 aromatic rings. The first kappa shape index (κ1) is 14.1. The summed E-state index contributed by atoms with van der Waals surface area (Å²) >= 11 is 1.58. The molecule has 2 N–H and O–H groups in total. The zero-order valence-electron chi connectivity index (χ0n) is 10.3. The number of nitrogens with one attached hydrogen (secondary N) is 1. The van der Waals surface area contributed by atoms with Crippen molar-refractivity contribution in [1.29, 1.82) is 0 Å². The van der Waals surface area contributed by atoms with Crippen molar-refractivity contribution in [3.63, 3.8) is 0 Å². The lowest BCUT2D eigenvalue weighted by Gasteiger charge is -2.10. The van der Waals surface area contributed by atoms with E-state index in [0.29, 0.717) is 5.75 Å². The third-order valence-electron chi connectivity index (χ3n) is 2.27. The van der Waals surface area contributed by atoms with Crippen LogP contribution in [-0.4, -0.2) is 29.4 Å². The van der Waals surface area contributed by atoms with Crippen molar-refractivity contribution in [3.05, 3.63) is 35.4 Å². The fourth-order valence-electron chi connectivity index (χ4n) is 1.43. The summed E-state index contributed by atoms with van der Waals surface area (Å²) in [6, 6.07) is 8.11. The Bertz CT molecular complexity index is 368. The SMILES string of the molecule is Cc1cccc(CSCC(=O)N[C@H](C)CO)c1. The van der Waals surface area contributed by atoms with Crippen molar-refractivity contribution in [2.45, 2.75) is 25.6 Å². The van der Waals surface area contributed by atoms with E-state index in [4.69, 9.17) is 5.11 Å². The number of amides is 1. The van der Waals surface area contributed by atoms with Gasteiger partial charge in [0, 0.05) is 11.8 Å². The summed E-state index contributed by atoms with van der Waals surface area (Å²) in [6.07, 6.45) is 0. The molecule has 94 valence electrons. The topological polar surface area (TPSA) is 49.3 Å². The van der Waals surface area contributed by atoms with Crippen LogP contribution >= 0.6 is 11.8 Å². The Morgan fingerprint density at radius 3 is 2.94 bits per heavy atom. The lowest BCUT2D eigenvalue weighted by Crippen LogP contribution is -2.36. The van der Waals surface area contributed by atoms with E-state index in [1.165, 1.54) is 11.1 Å². The molecule has 0 saturated heterocycles. The van der Waals surface area contributed by atoms with Crippen LogP contribution in [0.25, 0.3) is 0 Å². The van der Waals surface area contributed by atoms with Crippen LogP contribution in [0.15, 0.2) is 24.3 Å². The van der Waals surface area contributed by atoms with Gasteiger partial charge in [-0.05, 0) is 19.4 Å². The van der Waals surface area contributed by atoms with Crippen molar-refractivity contribution >= 4 is 17.7 Å². The number of hydrogen-bond acceptors (Lipinski definition) is 3. The molecule has 3 nitrogen and oxygen atoms in total. The average Bonchev–Trinajstić information content (AvgIpc) is 2.29. The van der Waals surface area contributed by atoms with Crippen molar-refractivity contribution in [3.8, 4) is 0 Å². The number of rotatable bonds is 6. The highest BCUT2D eigenvalue weighted by molar-refractivity contribution is 7.99. The predicted molar refractivity (Wildman–Crippen MR) is 72.0 cm³/mol. The number of aryl methyl sites for hydroxylation is 1. The fourth-order valence-corrected chi connectivity index (χ4v) is 2.21. The Morgan fingerprint density at radius 2 is 2.29 bits per heavy atom. The number of aliphatic hydroxyl groups excluding tert-OH is 1. The Kier molecular flexibility index (Phi) is 6.08. The van der Waals surface area contributed by atoms with E-state index in [1.807, 2.05) is 6.07 Å². The highest BCUT2D eigenvalue weighted by Gasteiger charge is 2.05. The van der Waals surface area contributed by atoms with E-state index in [2.05, 4.69) is 30.4 Å². The van der Waals surface area contributed by atoms with E-state index >= 15 is 0 Å². The Hall–Kier alpha value is -1.00. The average molecular weight is 253 g/mol. The Morgan fingerprint density at radius 1 is 1.53 bits per heavy atom. The molecule has 1 rings (SSSR count). The van der Waals surface area contributed by atoms with Gasteiger partial charge in [0.1, 0.15) is 0 Å². The van der Waals surface area contributed by atoms with Crippen LogP contribution in [0, 0.1) is 6.92 Å². The minimum atomic E-state index is -0.165. The summed E-state index contributed by atoms with van der Waals surface area (Å²) in [5.41, 5.74) is 2.47. The van der Waals surface area contributed by atoms with Crippen LogP contribution in [0.1, 0.15) is 18.1 Å². The Labute approximate surface area is 107 Å². The lowest BCUT2D eigenvalue weighted by molar-refractivity contribution is -0.119. The number of aliphatic hydroxyl groups is 1.